The van der Waals surface area contributed by atoms with E-state index in [2.05, 4.69) is 11.1 Å². The van der Waals surface area contributed by atoms with Crippen LogP contribution in [-0.2, 0) is 18.4 Å². The minimum Gasteiger partial charge on any atom is -0.497 e. The zero-order valence-electron chi connectivity index (χ0n) is 12.4. The number of ether oxygens (including phenoxy) is 1. The van der Waals surface area contributed by atoms with Gasteiger partial charge in [0.05, 0.1) is 12.7 Å². The Morgan fingerprint density at radius 3 is 2.81 bits per heavy atom. The van der Waals surface area contributed by atoms with Gasteiger partial charge in [-0.2, -0.15) is 0 Å². The molecule has 1 aliphatic carbocycles. The minimum atomic E-state index is -0.957. The Balaban J connectivity index is 2.04. The average Bonchev–Trinajstić information content (AvgIpc) is 2.46. The molecule has 0 aliphatic heterocycles. The van der Waals surface area contributed by atoms with Crippen LogP contribution in [0.4, 0.5) is 5.82 Å². The van der Waals surface area contributed by atoms with Crippen LogP contribution in [0.25, 0.3) is 0 Å². The number of nitrogen functional groups attached to an aromatic ring is 1. The van der Waals surface area contributed by atoms with Crippen LogP contribution in [0.1, 0.15) is 28.7 Å². The number of nitrogens with two attached hydrogens (primary N) is 1. The first-order valence-electron chi connectivity index (χ1n) is 7.13. The molecular formula is C17H20N2O2. The third-order valence-electron chi connectivity index (χ3n) is 4.36. The number of benzene rings is 1. The Labute approximate surface area is 124 Å². The molecule has 0 saturated heterocycles. The molecule has 1 aromatic carbocycles. The Bertz CT molecular complexity index is 664. The van der Waals surface area contributed by atoms with Crippen LogP contribution in [0.3, 0.4) is 0 Å². The second-order valence-corrected chi connectivity index (χ2v) is 5.73. The second-order valence-electron chi connectivity index (χ2n) is 5.73. The predicted molar refractivity (Wildman–Crippen MR) is 82.3 cm³/mol. The second kappa shape index (κ2) is 5.04. The molecule has 0 spiro atoms. The number of fused-ring (bicyclic) bond motifs is 1. The van der Waals surface area contributed by atoms with E-state index in [1.807, 2.05) is 25.1 Å². The van der Waals surface area contributed by atoms with Crippen LogP contribution in [0.2, 0.25) is 0 Å². The predicted octanol–water partition coefficient (Wildman–Crippen LogP) is 2.36. The highest BCUT2D eigenvalue weighted by atomic mass is 16.5. The van der Waals surface area contributed by atoms with Gasteiger partial charge in [-0.05, 0) is 54.7 Å². The molecule has 1 aromatic heterocycles. The largest absolute Gasteiger partial charge is 0.497 e. The van der Waals surface area contributed by atoms with Gasteiger partial charge >= 0.3 is 0 Å². The molecule has 4 nitrogen and oxygen atoms in total. The standard InChI is InChI=1S/C17H20N2O2/c1-11-6-8-19-16(18)15(11)17(20)7-5-12-3-4-14(21-2)9-13(12)10-17/h3-4,6,8-9,20H,5,7,10H2,1-2H3,(H2,18,19). The number of aromatic nitrogens is 1. The fourth-order valence-electron chi connectivity index (χ4n) is 3.28. The number of anilines is 1. The van der Waals surface area contributed by atoms with Gasteiger partial charge in [-0.15, -0.1) is 0 Å². The van der Waals surface area contributed by atoms with Gasteiger partial charge in [-0.1, -0.05) is 6.07 Å². The molecule has 3 rings (SSSR count). The lowest BCUT2D eigenvalue weighted by molar-refractivity contribution is 0.0221. The van der Waals surface area contributed by atoms with Crippen molar-refractivity contribution in [3.63, 3.8) is 0 Å². The first-order chi connectivity index (χ1) is 10.0. The number of pyridine rings is 1. The highest BCUT2D eigenvalue weighted by Gasteiger charge is 2.37. The Morgan fingerprint density at radius 1 is 1.29 bits per heavy atom. The number of hydrogen-bond acceptors (Lipinski definition) is 4. The minimum absolute atomic E-state index is 0.420. The van der Waals surface area contributed by atoms with E-state index in [9.17, 15) is 5.11 Å². The van der Waals surface area contributed by atoms with Crippen molar-refractivity contribution < 1.29 is 9.84 Å². The van der Waals surface area contributed by atoms with Crippen LogP contribution >= 0.6 is 0 Å². The summed E-state index contributed by atoms with van der Waals surface area (Å²) in [6.45, 7) is 1.96. The zero-order valence-corrected chi connectivity index (χ0v) is 12.4. The maximum absolute atomic E-state index is 11.2. The fraction of sp³-hybridized carbons (Fsp3) is 0.353. The van der Waals surface area contributed by atoms with Gasteiger partial charge in [0.1, 0.15) is 11.6 Å². The summed E-state index contributed by atoms with van der Waals surface area (Å²) in [6, 6.07) is 7.94. The van der Waals surface area contributed by atoms with Crippen molar-refractivity contribution >= 4 is 5.82 Å². The van der Waals surface area contributed by atoms with Gasteiger partial charge in [-0.25, -0.2) is 4.98 Å². The molecule has 0 bridgehead atoms. The lowest BCUT2D eigenvalue weighted by Crippen LogP contribution is -2.35. The zero-order chi connectivity index (χ0) is 15.0. The van der Waals surface area contributed by atoms with Crippen molar-refractivity contribution in [3.8, 4) is 5.75 Å². The summed E-state index contributed by atoms with van der Waals surface area (Å²) in [6.07, 6.45) is 3.69. The highest BCUT2D eigenvalue weighted by molar-refractivity contribution is 5.50. The van der Waals surface area contributed by atoms with E-state index in [-0.39, 0.29) is 0 Å². The summed E-state index contributed by atoms with van der Waals surface area (Å²) in [7, 11) is 1.65. The van der Waals surface area contributed by atoms with Gasteiger partial charge in [0.25, 0.3) is 0 Å². The number of hydrogen-bond donors (Lipinski definition) is 2. The number of aryl methyl sites for hydroxylation is 2. The van der Waals surface area contributed by atoms with E-state index in [1.165, 1.54) is 5.56 Å². The molecule has 0 saturated carbocycles. The Kier molecular flexibility index (Phi) is 3.33. The molecule has 1 aliphatic rings. The van der Waals surface area contributed by atoms with Gasteiger partial charge in [0.15, 0.2) is 0 Å². The van der Waals surface area contributed by atoms with Gasteiger partial charge in [0.2, 0.25) is 0 Å². The topological polar surface area (TPSA) is 68.4 Å². The molecule has 1 heterocycles. The molecule has 0 fully saturated rings. The normalized spacial score (nSPS) is 20.9. The summed E-state index contributed by atoms with van der Waals surface area (Å²) >= 11 is 0. The lowest BCUT2D eigenvalue weighted by Gasteiger charge is -2.35. The Morgan fingerprint density at radius 2 is 2.10 bits per heavy atom. The average molecular weight is 284 g/mol. The van der Waals surface area contributed by atoms with E-state index < -0.39 is 5.60 Å². The van der Waals surface area contributed by atoms with Crippen molar-refractivity contribution in [2.75, 3.05) is 12.8 Å². The Hall–Kier alpha value is -2.07. The summed E-state index contributed by atoms with van der Waals surface area (Å²) in [5.41, 5.74) is 9.19. The van der Waals surface area contributed by atoms with Crippen molar-refractivity contribution in [2.24, 2.45) is 0 Å². The molecule has 0 radical (unpaired) electrons. The lowest BCUT2D eigenvalue weighted by atomic mass is 9.75. The summed E-state index contributed by atoms with van der Waals surface area (Å²) in [5, 5.41) is 11.2. The smallest absolute Gasteiger partial charge is 0.129 e. The third kappa shape index (κ3) is 2.36. The molecule has 0 amide bonds. The summed E-state index contributed by atoms with van der Waals surface area (Å²) in [4.78, 5) is 4.14. The molecule has 1 atom stereocenters. The highest BCUT2D eigenvalue weighted by Crippen LogP contribution is 2.40. The van der Waals surface area contributed by atoms with Crippen LogP contribution in [0, 0.1) is 6.92 Å². The van der Waals surface area contributed by atoms with Gasteiger partial charge in [-0.3, -0.25) is 0 Å². The van der Waals surface area contributed by atoms with E-state index in [4.69, 9.17) is 10.5 Å². The third-order valence-corrected chi connectivity index (χ3v) is 4.36. The van der Waals surface area contributed by atoms with Crippen molar-refractivity contribution in [1.82, 2.24) is 4.98 Å². The van der Waals surface area contributed by atoms with E-state index in [0.717, 1.165) is 28.9 Å². The van der Waals surface area contributed by atoms with Crippen LogP contribution < -0.4 is 10.5 Å². The SMILES string of the molecule is COc1ccc2c(c1)CC(O)(c1c(C)ccnc1N)CC2. The maximum Gasteiger partial charge on any atom is 0.129 e. The number of methoxy groups -OCH3 is 1. The van der Waals surface area contributed by atoms with E-state index >= 15 is 0 Å². The molecule has 110 valence electrons. The molecular weight excluding hydrogens is 264 g/mol. The van der Waals surface area contributed by atoms with Gasteiger partial charge in [0, 0.05) is 18.2 Å². The number of rotatable bonds is 2. The first-order valence-corrected chi connectivity index (χ1v) is 7.13. The van der Waals surface area contributed by atoms with Crippen LogP contribution in [0.15, 0.2) is 30.5 Å². The van der Waals surface area contributed by atoms with Crippen LogP contribution in [0.5, 0.6) is 5.75 Å². The molecule has 3 N–H and O–H groups in total. The van der Waals surface area contributed by atoms with Crippen LogP contribution in [-0.4, -0.2) is 17.2 Å². The number of nitrogens with zero attached hydrogens (tertiary/aromatic N) is 1. The fourth-order valence-corrected chi connectivity index (χ4v) is 3.28. The maximum atomic E-state index is 11.2. The first kappa shape index (κ1) is 13.9. The van der Waals surface area contributed by atoms with Crippen molar-refractivity contribution in [1.29, 1.82) is 0 Å². The molecule has 4 heteroatoms. The molecule has 1 unspecified atom stereocenters. The summed E-state index contributed by atoms with van der Waals surface area (Å²) in [5.74, 6) is 1.23. The number of aliphatic hydroxyl groups is 1. The van der Waals surface area contributed by atoms with Crippen molar-refractivity contribution in [3.05, 3.63) is 52.7 Å². The monoisotopic (exact) mass is 284 g/mol. The summed E-state index contributed by atoms with van der Waals surface area (Å²) < 4.78 is 5.28. The van der Waals surface area contributed by atoms with Crippen molar-refractivity contribution in [2.45, 2.75) is 31.8 Å². The van der Waals surface area contributed by atoms with Gasteiger partial charge < -0.3 is 15.6 Å². The quantitative estimate of drug-likeness (QED) is 0.888. The molecule has 2 aromatic rings. The van der Waals surface area contributed by atoms with E-state index in [1.54, 1.807) is 13.3 Å². The van der Waals surface area contributed by atoms with E-state index in [0.29, 0.717) is 18.7 Å². The molecule has 21 heavy (non-hydrogen) atoms.